The van der Waals surface area contributed by atoms with E-state index in [-0.39, 0.29) is 17.6 Å². The molecule has 2 aromatic heterocycles. The topological polar surface area (TPSA) is 95.5 Å². The number of nitrogens with zero attached hydrogens (tertiary/aromatic N) is 4. The van der Waals surface area contributed by atoms with Crippen molar-refractivity contribution in [3.63, 3.8) is 0 Å². The number of benzene rings is 1. The minimum Gasteiger partial charge on any atom is -0.482 e. The number of fused-ring (bicyclic) bond motifs is 2. The number of likely N-dealkylation sites (tertiary alicyclic amines) is 1. The average molecular weight is 476 g/mol. The molecule has 1 unspecified atom stereocenters. The SMILES string of the molecule is C[C@H](Oc1cc(-c2cc3n(n2)CCC32CCN(C(=O)OC(C)(C)C)C2)cnc1N)c1ccccc1. The van der Waals surface area contributed by atoms with Crippen LogP contribution in [0.5, 0.6) is 5.75 Å². The van der Waals surface area contributed by atoms with Gasteiger partial charge in [0, 0.05) is 42.5 Å². The van der Waals surface area contributed by atoms with Crippen LogP contribution in [0.4, 0.5) is 10.6 Å². The lowest BCUT2D eigenvalue weighted by Crippen LogP contribution is -2.37. The second-order valence-corrected chi connectivity index (χ2v) is 10.6. The van der Waals surface area contributed by atoms with Crippen LogP contribution in [0.15, 0.2) is 48.7 Å². The van der Waals surface area contributed by atoms with Crippen molar-refractivity contribution in [1.29, 1.82) is 0 Å². The molecule has 2 N–H and O–H groups in total. The number of aryl methyl sites for hydroxylation is 1. The zero-order valence-corrected chi connectivity index (χ0v) is 20.8. The van der Waals surface area contributed by atoms with Crippen molar-refractivity contribution in [2.24, 2.45) is 0 Å². The predicted molar refractivity (Wildman–Crippen MR) is 134 cm³/mol. The maximum Gasteiger partial charge on any atom is 0.410 e. The fraction of sp³-hybridized carbons (Fsp3) is 0.444. The van der Waals surface area contributed by atoms with E-state index in [1.165, 1.54) is 0 Å². The van der Waals surface area contributed by atoms with Crippen molar-refractivity contribution in [2.45, 2.75) is 64.2 Å². The van der Waals surface area contributed by atoms with Gasteiger partial charge in [0.25, 0.3) is 0 Å². The van der Waals surface area contributed by atoms with E-state index in [1.807, 2.05) is 69.0 Å². The van der Waals surface area contributed by atoms with Crippen LogP contribution in [0.1, 0.15) is 57.9 Å². The van der Waals surface area contributed by atoms with E-state index >= 15 is 0 Å². The molecule has 1 amide bonds. The molecule has 1 aromatic carbocycles. The van der Waals surface area contributed by atoms with Crippen molar-refractivity contribution in [3.8, 4) is 17.0 Å². The first-order valence-corrected chi connectivity index (χ1v) is 12.2. The van der Waals surface area contributed by atoms with Gasteiger partial charge in [-0.1, -0.05) is 30.3 Å². The summed E-state index contributed by atoms with van der Waals surface area (Å²) >= 11 is 0. The number of hydrogen-bond donors (Lipinski definition) is 1. The van der Waals surface area contributed by atoms with Gasteiger partial charge in [-0.2, -0.15) is 5.10 Å². The molecule has 2 atom stereocenters. The lowest BCUT2D eigenvalue weighted by molar-refractivity contribution is 0.0284. The molecule has 8 nitrogen and oxygen atoms in total. The van der Waals surface area contributed by atoms with Gasteiger partial charge < -0.3 is 20.1 Å². The Balaban J connectivity index is 1.36. The predicted octanol–water partition coefficient (Wildman–Crippen LogP) is 4.95. The van der Waals surface area contributed by atoms with Crippen LogP contribution in [0, 0.1) is 0 Å². The Morgan fingerprint density at radius 2 is 1.89 bits per heavy atom. The first-order valence-electron chi connectivity index (χ1n) is 12.2. The summed E-state index contributed by atoms with van der Waals surface area (Å²) in [6.07, 6.45) is 3.20. The van der Waals surface area contributed by atoms with Crippen LogP contribution in [0.2, 0.25) is 0 Å². The molecule has 0 radical (unpaired) electrons. The van der Waals surface area contributed by atoms with E-state index in [9.17, 15) is 4.79 Å². The lowest BCUT2D eigenvalue weighted by Gasteiger charge is -2.26. The number of pyridine rings is 1. The number of aromatic nitrogens is 3. The highest BCUT2D eigenvalue weighted by atomic mass is 16.6. The Kier molecular flexibility index (Phi) is 5.69. The van der Waals surface area contributed by atoms with Crippen molar-refractivity contribution < 1.29 is 14.3 Å². The Morgan fingerprint density at radius 1 is 1.14 bits per heavy atom. The van der Waals surface area contributed by atoms with Crippen LogP contribution in [0.25, 0.3) is 11.3 Å². The molecule has 0 aliphatic carbocycles. The summed E-state index contributed by atoms with van der Waals surface area (Å²) in [6.45, 7) is 9.85. The van der Waals surface area contributed by atoms with Gasteiger partial charge in [0.15, 0.2) is 11.6 Å². The zero-order valence-electron chi connectivity index (χ0n) is 20.8. The van der Waals surface area contributed by atoms with E-state index in [0.717, 1.165) is 41.9 Å². The molecular formula is C27H33N5O3. The minimum atomic E-state index is -0.503. The maximum atomic E-state index is 12.6. The van der Waals surface area contributed by atoms with Gasteiger partial charge in [-0.05, 0) is 58.2 Å². The van der Waals surface area contributed by atoms with Crippen LogP contribution in [-0.4, -0.2) is 44.4 Å². The fourth-order valence-electron chi connectivity index (χ4n) is 5.04. The number of amides is 1. The summed E-state index contributed by atoms with van der Waals surface area (Å²) < 4.78 is 13.8. The molecule has 1 saturated heterocycles. The molecule has 5 rings (SSSR count). The molecule has 3 aromatic rings. The van der Waals surface area contributed by atoms with E-state index < -0.39 is 5.60 Å². The van der Waals surface area contributed by atoms with Crippen molar-refractivity contribution in [3.05, 3.63) is 59.9 Å². The smallest absolute Gasteiger partial charge is 0.410 e. The summed E-state index contributed by atoms with van der Waals surface area (Å²) in [5, 5.41) is 4.86. The van der Waals surface area contributed by atoms with Crippen LogP contribution >= 0.6 is 0 Å². The number of nitrogens with two attached hydrogens (primary N) is 1. The Labute approximate surface area is 206 Å². The van der Waals surface area contributed by atoms with Gasteiger partial charge in [0.2, 0.25) is 0 Å². The number of hydrogen-bond acceptors (Lipinski definition) is 6. The van der Waals surface area contributed by atoms with E-state index in [0.29, 0.717) is 24.7 Å². The molecule has 1 fully saturated rings. The van der Waals surface area contributed by atoms with Gasteiger partial charge >= 0.3 is 6.09 Å². The number of nitrogen functional groups attached to an aromatic ring is 1. The Morgan fingerprint density at radius 3 is 2.63 bits per heavy atom. The van der Waals surface area contributed by atoms with E-state index in [4.69, 9.17) is 20.3 Å². The minimum absolute atomic E-state index is 0.0927. The number of rotatable bonds is 4. The monoisotopic (exact) mass is 475 g/mol. The third-order valence-corrected chi connectivity index (χ3v) is 6.88. The van der Waals surface area contributed by atoms with Crippen LogP contribution in [0.3, 0.4) is 0 Å². The molecule has 0 bridgehead atoms. The number of ether oxygens (including phenoxy) is 2. The third kappa shape index (κ3) is 4.57. The van der Waals surface area contributed by atoms with Gasteiger partial charge in [0.1, 0.15) is 11.7 Å². The fourth-order valence-corrected chi connectivity index (χ4v) is 5.04. The second-order valence-electron chi connectivity index (χ2n) is 10.6. The van der Waals surface area contributed by atoms with Crippen molar-refractivity contribution in [2.75, 3.05) is 18.8 Å². The summed E-state index contributed by atoms with van der Waals surface area (Å²) in [5.41, 5.74) is 9.46. The third-order valence-electron chi connectivity index (χ3n) is 6.88. The lowest BCUT2D eigenvalue weighted by atomic mass is 9.82. The van der Waals surface area contributed by atoms with Crippen molar-refractivity contribution >= 4 is 11.9 Å². The molecule has 184 valence electrons. The highest BCUT2D eigenvalue weighted by molar-refractivity contribution is 5.69. The van der Waals surface area contributed by atoms with Crippen molar-refractivity contribution in [1.82, 2.24) is 19.7 Å². The molecule has 4 heterocycles. The Bertz CT molecular complexity index is 1230. The molecule has 1 spiro atoms. The van der Waals surface area contributed by atoms with Gasteiger partial charge in [-0.25, -0.2) is 9.78 Å². The summed E-state index contributed by atoms with van der Waals surface area (Å²) in [7, 11) is 0. The standard InChI is InChI=1S/C27H33N5O3/c1-18(19-8-6-5-7-9-19)34-22-14-20(16-29-24(22)28)21-15-23-27(11-13-32(23)30-21)10-12-31(17-27)25(33)35-26(2,3)4/h5-9,14-16,18H,10-13,17H2,1-4H3,(H2,28,29)/t18-,27?/m0/s1. The van der Waals surface area contributed by atoms with Gasteiger partial charge in [0.05, 0.1) is 5.69 Å². The Hall–Kier alpha value is -3.55. The first kappa shape index (κ1) is 23.2. The van der Waals surface area contributed by atoms with Gasteiger partial charge in [-0.15, -0.1) is 0 Å². The number of carbonyl (C=O) groups excluding carboxylic acids is 1. The highest BCUT2D eigenvalue weighted by Crippen LogP contribution is 2.44. The number of carbonyl (C=O) groups is 1. The largest absolute Gasteiger partial charge is 0.482 e. The first-order chi connectivity index (χ1) is 16.6. The van der Waals surface area contributed by atoms with Crippen LogP contribution in [-0.2, 0) is 16.7 Å². The molecular weight excluding hydrogens is 442 g/mol. The van der Waals surface area contributed by atoms with Gasteiger partial charge in [-0.3, -0.25) is 4.68 Å². The molecule has 35 heavy (non-hydrogen) atoms. The number of anilines is 1. The summed E-state index contributed by atoms with van der Waals surface area (Å²) in [6, 6.07) is 14.1. The molecule has 2 aliphatic rings. The summed E-state index contributed by atoms with van der Waals surface area (Å²) in [4.78, 5) is 18.9. The quantitative estimate of drug-likeness (QED) is 0.574. The normalized spacial score (nSPS) is 20.2. The summed E-state index contributed by atoms with van der Waals surface area (Å²) in [5.74, 6) is 0.891. The maximum absolute atomic E-state index is 12.6. The zero-order chi connectivity index (χ0) is 24.8. The molecule has 0 saturated carbocycles. The highest BCUT2D eigenvalue weighted by Gasteiger charge is 2.47. The average Bonchev–Trinajstić information content (AvgIpc) is 3.52. The second kappa shape index (κ2) is 8.59. The van der Waals surface area contributed by atoms with Crippen LogP contribution < -0.4 is 10.5 Å². The van der Waals surface area contributed by atoms with E-state index in [1.54, 1.807) is 6.20 Å². The van der Waals surface area contributed by atoms with E-state index in [2.05, 4.69) is 15.7 Å². The molecule has 2 aliphatic heterocycles. The molecule has 8 heteroatoms.